The van der Waals surface area contributed by atoms with Crippen molar-refractivity contribution < 1.29 is 18.0 Å². The number of anilines is 1. The fourth-order valence-electron chi connectivity index (χ4n) is 4.64. The van der Waals surface area contributed by atoms with Crippen molar-refractivity contribution in [3.8, 4) is 11.8 Å². The summed E-state index contributed by atoms with van der Waals surface area (Å²) >= 11 is 0. The second-order valence-electron chi connectivity index (χ2n) is 9.89. The number of carbonyl (C=O) groups excluding carboxylic acids is 1. The van der Waals surface area contributed by atoms with E-state index in [0.717, 1.165) is 19.2 Å². The van der Waals surface area contributed by atoms with E-state index >= 15 is 0 Å². The van der Waals surface area contributed by atoms with Gasteiger partial charge in [-0.15, -0.1) is 0 Å². The van der Waals surface area contributed by atoms with Gasteiger partial charge < -0.3 is 5.32 Å². The van der Waals surface area contributed by atoms with Crippen molar-refractivity contribution in [2.24, 2.45) is 0 Å². The third-order valence-electron chi connectivity index (χ3n) is 6.86. The maximum absolute atomic E-state index is 14.0. The molecular formula is C29H28F3N7O. The number of rotatable bonds is 5. The van der Waals surface area contributed by atoms with E-state index in [-0.39, 0.29) is 23.4 Å². The lowest BCUT2D eigenvalue weighted by atomic mass is 10.0. The van der Waals surface area contributed by atoms with E-state index in [4.69, 9.17) is 0 Å². The van der Waals surface area contributed by atoms with Crippen LogP contribution in [0.25, 0.3) is 5.65 Å². The lowest BCUT2D eigenvalue weighted by Crippen LogP contribution is -2.48. The van der Waals surface area contributed by atoms with E-state index in [1.54, 1.807) is 29.2 Å². The Morgan fingerprint density at radius 2 is 1.82 bits per heavy atom. The van der Waals surface area contributed by atoms with Gasteiger partial charge in [-0.1, -0.05) is 12.0 Å². The van der Waals surface area contributed by atoms with Crippen molar-refractivity contribution in [3.05, 3.63) is 89.4 Å². The molecule has 206 valence electrons. The highest BCUT2D eigenvalue weighted by Crippen LogP contribution is 2.34. The zero-order chi connectivity index (χ0) is 28.3. The first-order chi connectivity index (χ1) is 19.2. The summed E-state index contributed by atoms with van der Waals surface area (Å²) in [6.45, 7) is 7.48. The molecule has 1 aliphatic heterocycles. The molecule has 40 heavy (non-hydrogen) atoms. The highest BCUT2D eigenvalue weighted by atomic mass is 19.4. The number of carbonyl (C=O) groups is 1. The second kappa shape index (κ2) is 11.5. The van der Waals surface area contributed by atoms with Crippen molar-refractivity contribution in [3.63, 3.8) is 0 Å². The molecule has 1 amide bonds. The molecule has 1 fully saturated rings. The van der Waals surface area contributed by atoms with Gasteiger partial charge in [0.15, 0.2) is 5.65 Å². The maximum atomic E-state index is 14.0. The Balaban J connectivity index is 1.30. The van der Waals surface area contributed by atoms with Gasteiger partial charge in [-0.3, -0.25) is 29.0 Å². The third kappa shape index (κ3) is 6.30. The summed E-state index contributed by atoms with van der Waals surface area (Å²) in [5.74, 6) is 5.36. The van der Waals surface area contributed by atoms with Crippen LogP contribution >= 0.6 is 0 Å². The molecule has 0 aliphatic carbocycles. The zero-order valence-electron chi connectivity index (χ0n) is 22.1. The van der Waals surface area contributed by atoms with E-state index < -0.39 is 17.6 Å². The Morgan fingerprint density at radius 3 is 2.58 bits per heavy atom. The maximum Gasteiger partial charge on any atom is 0.416 e. The average Bonchev–Trinajstić information content (AvgIpc) is 3.36. The fourth-order valence-corrected chi connectivity index (χ4v) is 4.64. The summed E-state index contributed by atoms with van der Waals surface area (Å²) in [6.07, 6.45) is 4.88. The number of piperazine rings is 1. The van der Waals surface area contributed by atoms with Crippen LogP contribution in [0, 0.1) is 11.8 Å². The molecule has 0 saturated carbocycles. The van der Waals surface area contributed by atoms with Crippen molar-refractivity contribution in [1.29, 1.82) is 0 Å². The normalized spacial score (nSPS) is 14.8. The lowest BCUT2D eigenvalue weighted by molar-refractivity contribution is -0.138. The van der Waals surface area contributed by atoms with Crippen molar-refractivity contribution in [2.75, 3.05) is 31.5 Å². The number of hydrogen-bond donors (Lipinski definition) is 1. The molecule has 3 aromatic heterocycles. The molecule has 1 N–H and O–H groups in total. The molecule has 0 spiro atoms. The number of aromatic nitrogens is 4. The highest BCUT2D eigenvalue weighted by molar-refractivity contribution is 6.04. The Kier molecular flexibility index (Phi) is 7.82. The molecule has 8 nitrogen and oxygen atoms in total. The van der Waals surface area contributed by atoms with E-state index in [1.807, 2.05) is 4.90 Å². The first-order valence-corrected chi connectivity index (χ1v) is 12.9. The van der Waals surface area contributed by atoms with Crippen molar-refractivity contribution in [1.82, 2.24) is 29.2 Å². The molecule has 4 heterocycles. The second-order valence-corrected chi connectivity index (χ2v) is 9.89. The molecule has 1 aromatic carbocycles. The van der Waals surface area contributed by atoms with Gasteiger partial charge >= 0.3 is 6.18 Å². The van der Waals surface area contributed by atoms with Crippen LogP contribution < -0.4 is 5.32 Å². The molecule has 0 bridgehead atoms. The predicted octanol–water partition coefficient (Wildman–Crippen LogP) is 4.32. The fraction of sp³-hybridized carbons (Fsp3) is 0.310. The molecule has 0 unspecified atom stereocenters. The number of imidazole rings is 1. The first kappa shape index (κ1) is 27.3. The van der Waals surface area contributed by atoms with E-state index in [0.29, 0.717) is 36.0 Å². The Morgan fingerprint density at radius 1 is 1.02 bits per heavy atom. The number of fused-ring (bicyclic) bond motifs is 1. The standard InChI is InChI=1S/C29H28F3N7O/c1-20(2)38-11-9-37(10-12-38)19-22-4-5-24(14-26(22)29(30,31)32)36-28(40)23-13-21(15-34-16-23)3-6-25-17-35-27-18-33-7-8-39(25)27/h4-5,7-8,13-18,20H,9-12,19H2,1-2H3,(H,36,40). The monoisotopic (exact) mass is 547 g/mol. The number of amides is 1. The van der Waals surface area contributed by atoms with Crippen LogP contribution in [0.1, 0.15) is 46.6 Å². The smallest absolute Gasteiger partial charge is 0.322 e. The topological polar surface area (TPSA) is 78.7 Å². The van der Waals surface area contributed by atoms with E-state index in [2.05, 4.69) is 50.9 Å². The first-order valence-electron chi connectivity index (χ1n) is 12.9. The van der Waals surface area contributed by atoms with Crippen LogP contribution in [0.4, 0.5) is 18.9 Å². The van der Waals surface area contributed by atoms with Crippen LogP contribution in [0.15, 0.2) is 61.4 Å². The highest BCUT2D eigenvalue weighted by Gasteiger charge is 2.34. The Bertz CT molecular complexity index is 1580. The molecule has 4 aromatic rings. The van der Waals surface area contributed by atoms with Crippen LogP contribution in [-0.4, -0.2) is 67.3 Å². The van der Waals surface area contributed by atoms with Gasteiger partial charge in [0.1, 0.15) is 5.69 Å². The molecule has 5 rings (SSSR count). The quantitative estimate of drug-likeness (QED) is 0.375. The molecular weight excluding hydrogens is 519 g/mol. The van der Waals surface area contributed by atoms with Gasteiger partial charge in [0, 0.05) is 74.8 Å². The number of benzene rings is 1. The van der Waals surface area contributed by atoms with Crippen LogP contribution in [0.2, 0.25) is 0 Å². The number of hydrogen-bond acceptors (Lipinski definition) is 6. The van der Waals surface area contributed by atoms with Crippen LogP contribution in [-0.2, 0) is 12.7 Å². The van der Waals surface area contributed by atoms with Gasteiger partial charge in [-0.2, -0.15) is 13.2 Å². The summed E-state index contributed by atoms with van der Waals surface area (Å²) in [4.78, 5) is 29.6. The van der Waals surface area contributed by atoms with Gasteiger partial charge in [-0.25, -0.2) is 4.98 Å². The molecule has 0 radical (unpaired) electrons. The summed E-state index contributed by atoms with van der Waals surface area (Å²) in [6, 6.07) is 5.89. The largest absolute Gasteiger partial charge is 0.416 e. The minimum absolute atomic E-state index is 0.0570. The van der Waals surface area contributed by atoms with Crippen molar-refractivity contribution in [2.45, 2.75) is 32.6 Å². The summed E-state index contributed by atoms with van der Waals surface area (Å²) in [5.41, 5.74) is 1.42. The molecule has 1 aliphatic rings. The summed E-state index contributed by atoms with van der Waals surface area (Å²) in [5, 5.41) is 2.57. The molecule has 11 heteroatoms. The summed E-state index contributed by atoms with van der Waals surface area (Å²) in [7, 11) is 0. The van der Waals surface area contributed by atoms with Crippen LogP contribution in [0.5, 0.6) is 0 Å². The van der Waals surface area contributed by atoms with Gasteiger partial charge in [-0.05, 0) is 43.5 Å². The number of pyridine rings is 1. The Hall–Kier alpha value is -4.27. The number of alkyl halides is 3. The lowest BCUT2D eigenvalue weighted by Gasteiger charge is -2.37. The minimum atomic E-state index is -4.55. The van der Waals surface area contributed by atoms with Gasteiger partial charge in [0.25, 0.3) is 5.91 Å². The minimum Gasteiger partial charge on any atom is -0.322 e. The molecule has 0 atom stereocenters. The van der Waals surface area contributed by atoms with E-state index in [1.165, 1.54) is 30.6 Å². The number of nitrogens with zero attached hydrogens (tertiary/aromatic N) is 6. The zero-order valence-corrected chi connectivity index (χ0v) is 22.1. The SMILES string of the molecule is CC(C)N1CCN(Cc2ccc(NC(=O)c3cncc(C#Cc4cnc5cnccn45)c3)cc2C(F)(F)F)CC1. The van der Waals surface area contributed by atoms with Gasteiger partial charge in [0.2, 0.25) is 0 Å². The van der Waals surface area contributed by atoms with Crippen LogP contribution in [0.3, 0.4) is 0 Å². The van der Waals surface area contributed by atoms with E-state index in [9.17, 15) is 18.0 Å². The van der Waals surface area contributed by atoms with Gasteiger partial charge in [0.05, 0.1) is 23.5 Å². The van der Waals surface area contributed by atoms with Crippen molar-refractivity contribution >= 4 is 17.2 Å². The number of nitrogens with one attached hydrogen (secondary N) is 1. The predicted molar refractivity (Wildman–Crippen MR) is 145 cm³/mol. The Labute approximate surface area is 229 Å². The molecule has 1 saturated heterocycles. The average molecular weight is 548 g/mol. The number of halogens is 3. The summed E-state index contributed by atoms with van der Waals surface area (Å²) < 4.78 is 43.7. The third-order valence-corrected chi connectivity index (χ3v) is 6.86.